The van der Waals surface area contributed by atoms with Crippen molar-refractivity contribution < 1.29 is 9.63 Å². The monoisotopic (exact) mass is 220 g/mol. The zero-order valence-corrected chi connectivity index (χ0v) is 9.35. The van der Waals surface area contributed by atoms with Crippen molar-refractivity contribution in [2.75, 3.05) is 11.7 Å². The first kappa shape index (κ1) is 11.1. The molecular formula is C12H16N2O2. The number of nitrogens with zero attached hydrogens (tertiary/aromatic N) is 1. The SMILES string of the molecule is CC(N)Cc1ccc(N2OCCC2=O)cc1. The molecule has 1 aliphatic heterocycles. The Morgan fingerprint density at radius 2 is 2.12 bits per heavy atom. The molecule has 1 atom stereocenters. The highest BCUT2D eigenvalue weighted by molar-refractivity contribution is 5.92. The molecule has 4 heteroatoms. The van der Waals surface area contributed by atoms with Gasteiger partial charge in [0.15, 0.2) is 0 Å². The van der Waals surface area contributed by atoms with E-state index in [-0.39, 0.29) is 11.9 Å². The molecule has 86 valence electrons. The van der Waals surface area contributed by atoms with Crippen LogP contribution in [0, 0.1) is 0 Å². The van der Waals surface area contributed by atoms with E-state index in [0.717, 1.165) is 12.1 Å². The van der Waals surface area contributed by atoms with Gasteiger partial charge in [-0.15, -0.1) is 0 Å². The number of benzene rings is 1. The fraction of sp³-hybridized carbons (Fsp3) is 0.417. The maximum atomic E-state index is 11.4. The minimum absolute atomic E-state index is 0.0138. The van der Waals surface area contributed by atoms with Crippen molar-refractivity contribution in [3.63, 3.8) is 0 Å². The Hall–Kier alpha value is -1.39. The first-order valence-electron chi connectivity index (χ1n) is 5.47. The standard InChI is InChI=1S/C12H16N2O2/c1-9(13)8-10-2-4-11(5-3-10)14-12(15)6-7-16-14/h2-5,9H,6-8,13H2,1H3. The molecule has 2 rings (SSSR count). The molecule has 1 unspecified atom stereocenters. The summed E-state index contributed by atoms with van der Waals surface area (Å²) in [6, 6.07) is 7.89. The van der Waals surface area contributed by atoms with Gasteiger partial charge in [0.25, 0.3) is 5.91 Å². The summed E-state index contributed by atoms with van der Waals surface area (Å²) < 4.78 is 0. The second-order valence-corrected chi connectivity index (χ2v) is 4.12. The Balaban J connectivity index is 2.09. The molecule has 0 spiro atoms. The Kier molecular flexibility index (Phi) is 3.22. The Morgan fingerprint density at radius 3 is 2.62 bits per heavy atom. The highest BCUT2D eigenvalue weighted by atomic mass is 16.7. The van der Waals surface area contributed by atoms with Gasteiger partial charge in [-0.05, 0) is 31.0 Å². The molecule has 1 aromatic rings. The Morgan fingerprint density at radius 1 is 1.44 bits per heavy atom. The zero-order valence-electron chi connectivity index (χ0n) is 9.35. The van der Waals surface area contributed by atoms with Crippen LogP contribution in [0.3, 0.4) is 0 Å². The van der Waals surface area contributed by atoms with Crippen molar-refractivity contribution in [3.8, 4) is 0 Å². The van der Waals surface area contributed by atoms with Crippen molar-refractivity contribution in [3.05, 3.63) is 29.8 Å². The van der Waals surface area contributed by atoms with Gasteiger partial charge in [0.1, 0.15) is 0 Å². The minimum Gasteiger partial charge on any atom is -0.328 e. The molecule has 1 aliphatic rings. The zero-order chi connectivity index (χ0) is 11.5. The summed E-state index contributed by atoms with van der Waals surface area (Å²) in [5, 5.41) is 1.36. The lowest BCUT2D eigenvalue weighted by Gasteiger charge is -2.14. The van der Waals surface area contributed by atoms with Crippen molar-refractivity contribution in [2.45, 2.75) is 25.8 Å². The van der Waals surface area contributed by atoms with Gasteiger partial charge in [0.05, 0.1) is 18.7 Å². The van der Waals surface area contributed by atoms with E-state index in [1.165, 1.54) is 10.6 Å². The van der Waals surface area contributed by atoms with Crippen molar-refractivity contribution in [1.82, 2.24) is 0 Å². The summed E-state index contributed by atoms with van der Waals surface area (Å²) in [5.74, 6) is 0.0138. The van der Waals surface area contributed by atoms with Gasteiger partial charge >= 0.3 is 0 Å². The second kappa shape index (κ2) is 4.63. The lowest BCUT2D eigenvalue weighted by molar-refractivity contribution is -0.119. The van der Waals surface area contributed by atoms with Gasteiger partial charge in [-0.25, -0.2) is 0 Å². The summed E-state index contributed by atoms with van der Waals surface area (Å²) >= 11 is 0. The van der Waals surface area contributed by atoms with Gasteiger partial charge < -0.3 is 5.73 Å². The number of amides is 1. The van der Waals surface area contributed by atoms with Crippen LogP contribution in [-0.2, 0) is 16.1 Å². The second-order valence-electron chi connectivity index (χ2n) is 4.12. The molecular weight excluding hydrogens is 204 g/mol. The average molecular weight is 220 g/mol. The molecule has 1 saturated heterocycles. The Labute approximate surface area is 94.9 Å². The maximum absolute atomic E-state index is 11.4. The van der Waals surface area contributed by atoms with Crippen LogP contribution in [0.5, 0.6) is 0 Å². The smallest absolute Gasteiger partial charge is 0.253 e. The number of hydrogen-bond donors (Lipinski definition) is 1. The fourth-order valence-corrected chi connectivity index (χ4v) is 1.76. The van der Waals surface area contributed by atoms with Gasteiger partial charge in [0.2, 0.25) is 0 Å². The van der Waals surface area contributed by atoms with Crippen molar-refractivity contribution in [1.29, 1.82) is 0 Å². The summed E-state index contributed by atoms with van der Waals surface area (Å²) in [5.41, 5.74) is 7.68. The number of nitrogens with two attached hydrogens (primary N) is 1. The molecule has 1 fully saturated rings. The van der Waals surface area contributed by atoms with E-state index in [4.69, 9.17) is 10.6 Å². The van der Waals surface area contributed by atoms with E-state index >= 15 is 0 Å². The molecule has 1 amide bonds. The van der Waals surface area contributed by atoms with Crippen LogP contribution >= 0.6 is 0 Å². The summed E-state index contributed by atoms with van der Waals surface area (Å²) in [7, 11) is 0. The van der Waals surface area contributed by atoms with E-state index in [0.29, 0.717) is 13.0 Å². The third-order valence-electron chi connectivity index (χ3n) is 2.49. The highest BCUT2D eigenvalue weighted by Crippen LogP contribution is 2.20. The Bertz CT molecular complexity index is 373. The number of hydroxylamine groups is 1. The quantitative estimate of drug-likeness (QED) is 0.834. The van der Waals surface area contributed by atoms with Gasteiger partial charge in [-0.3, -0.25) is 9.63 Å². The molecule has 0 aromatic heterocycles. The molecule has 0 aliphatic carbocycles. The van der Waals surface area contributed by atoms with Gasteiger partial charge in [-0.1, -0.05) is 12.1 Å². The maximum Gasteiger partial charge on any atom is 0.253 e. The molecule has 0 saturated carbocycles. The summed E-state index contributed by atoms with van der Waals surface area (Å²) in [6.07, 6.45) is 1.30. The number of rotatable bonds is 3. The normalized spacial score (nSPS) is 17.9. The predicted molar refractivity (Wildman–Crippen MR) is 61.9 cm³/mol. The van der Waals surface area contributed by atoms with E-state index in [2.05, 4.69) is 0 Å². The van der Waals surface area contributed by atoms with Gasteiger partial charge in [-0.2, -0.15) is 5.06 Å². The molecule has 2 N–H and O–H groups in total. The first-order valence-corrected chi connectivity index (χ1v) is 5.47. The molecule has 16 heavy (non-hydrogen) atoms. The number of carbonyl (C=O) groups is 1. The molecule has 0 bridgehead atoms. The number of anilines is 1. The van der Waals surface area contributed by atoms with Crippen LogP contribution in [0.15, 0.2) is 24.3 Å². The van der Waals surface area contributed by atoms with Crippen LogP contribution in [0.4, 0.5) is 5.69 Å². The number of hydrogen-bond acceptors (Lipinski definition) is 3. The fourth-order valence-electron chi connectivity index (χ4n) is 1.76. The third-order valence-corrected chi connectivity index (χ3v) is 2.49. The minimum atomic E-state index is 0.0138. The van der Waals surface area contributed by atoms with E-state index in [1.807, 2.05) is 31.2 Å². The first-order chi connectivity index (χ1) is 7.66. The highest BCUT2D eigenvalue weighted by Gasteiger charge is 2.22. The predicted octanol–water partition coefficient (Wildman–Crippen LogP) is 1.24. The molecule has 0 radical (unpaired) electrons. The van der Waals surface area contributed by atoms with Crippen LogP contribution in [0.1, 0.15) is 18.9 Å². The average Bonchev–Trinajstić information content (AvgIpc) is 2.65. The third kappa shape index (κ3) is 2.40. The lowest BCUT2D eigenvalue weighted by atomic mass is 10.1. The number of carbonyl (C=O) groups excluding carboxylic acids is 1. The van der Waals surface area contributed by atoms with E-state index in [9.17, 15) is 4.79 Å². The van der Waals surface area contributed by atoms with Gasteiger partial charge in [0, 0.05) is 6.04 Å². The van der Waals surface area contributed by atoms with Crippen molar-refractivity contribution in [2.24, 2.45) is 5.73 Å². The molecule has 1 aromatic carbocycles. The summed E-state index contributed by atoms with van der Waals surface area (Å²) in [6.45, 7) is 2.45. The topological polar surface area (TPSA) is 55.6 Å². The van der Waals surface area contributed by atoms with Crippen LogP contribution in [0.2, 0.25) is 0 Å². The molecule has 4 nitrogen and oxygen atoms in total. The largest absolute Gasteiger partial charge is 0.328 e. The van der Waals surface area contributed by atoms with Crippen molar-refractivity contribution >= 4 is 11.6 Å². The van der Waals surface area contributed by atoms with E-state index in [1.54, 1.807) is 0 Å². The van der Waals surface area contributed by atoms with E-state index < -0.39 is 0 Å². The lowest BCUT2D eigenvalue weighted by Crippen LogP contribution is -2.22. The molecule has 1 heterocycles. The van der Waals surface area contributed by atoms with Crippen LogP contribution < -0.4 is 10.8 Å². The van der Waals surface area contributed by atoms with Crippen LogP contribution in [0.25, 0.3) is 0 Å². The van der Waals surface area contributed by atoms with Crippen LogP contribution in [-0.4, -0.2) is 18.6 Å². The summed E-state index contributed by atoms with van der Waals surface area (Å²) in [4.78, 5) is 16.6.